The number of amides is 1. The SMILES string of the molecule is [C-]#[N+]c1ccc(OC2C(C)(C)C(NC(=O)c3ccc(N4CCC(CCN5CCN(CC(=O)OCC)CC5)CC4)nc3)C2(C)C)cc1Cl. The molecule has 5 rings (SSSR count). The van der Waals surface area contributed by atoms with Crippen molar-refractivity contribution in [3.8, 4) is 5.75 Å². The predicted molar refractivity (Wildman–Crippen MR) is 184 cm³/mol. The molecule has 3 fully saturated rings. The minimum absolute atomic E-state index is 0.113. The summed E-state index contributed by atoms with van der Waals surface area (Å²) in [4.78, 5) is 40.2. The lowest BCUT2D eigenvalue weighted by molar-refractivity contribution is -0.164. The fourth-order valence-electron chi connectivity index (χ4n) is 7.89. The van der Waals surface area contributed by atoms with Gasteiger partial charge in [0.15, 0.2) is 0 Å². The Morgan fingerprint density at radius 1 is 1.02 bits per heavy atom. The van der Waals surface area contributed by atoms with Crippen LogP contribution in [0.4, 0.5) is 11.5 Å². The largest absolute Gasteiger partial charge is 0.489 e. The van der Waals surface area contributed by atoms with Crippen LogP contribution in [0.25, 0.3) is 4.85 Å². The van der Waals surface area contributed by atoms with Crippen molar-refractivity contribution >= 4 is 35.0 Å². The fourth-order valence-corrected chi connectivity index (χ4v) is 8.10. The van der Waals surface area contributed by atoms with Crippen molar-refractivity contribution in [2.24, 2.45) is 16.7 Å². The number of carbonyl (C=O) groups excluding carboxylic acids is 2. The van der Waals surface area contributed by atoms with Gasteiger partial charge in [-0.25, -0.2) is 9.83 Å². The van der Waals surface area contributed by atoms with Crippen molar-refractivity contribution in [3.05, 3.63) is 58.5 Å². The molecule has 1 N–H and O–H groups in total. The zero-order valence-electron chi connectivity index (χ0n) is 28.4. The third-order valence-electron chi connectivity index (χ3n) is 10.3. The second-order valence-electron chi connectivity index (χ2n) is 14.3. The maximum Gasteiger partial charge on any atom is 0.320 e. The van der Waals surface area contributed by atoms with Crippen LogP contribution in [0, 0.1) is 23.3 Å². The highest BCUT2D eigenvalue weighted by Crippen LogP contribution is 2.55. The summed E-state index contributed by atoms with van der Waals surface area (Å²) in [5.74, 6) is 1.96. The molecule has 1 aromatic heterocycles. The first kappa shape index (κ1) is 34.9. The lowest BCUT2D eigenvalue weighted by atomic mass is 9.49. The number of hydrogen-bond donors (Lipinski definition) is 1. The average molecular weight is 665 g/mol. The summed E-state index contributed by atoms with van der Waals surface area (Å²) >= 11 is 6.24. The molecule has 0 bridgehead atoms. The average Bonchev–Trinajstić information content (AvgIpc) is 3.06. The first-order valence-electron chi connectivity index (χ1n) is 16.9. The summed E-state index contributed by atoms with van der Waals surface area (Å²) in [7, 11) is 0. The molecule has 1 saturated carbocycles. The van der Waals surface area contributed by atoms with Crippen molar-refractivity contribution in [1.29, 1.82) is 0 Å². The van der Waals surface area contributed by atoms with Gasteiger partial charge in [0.05, 0.1) is 30.3 Å². The molecule has 2 saturated heterocycles. The van der Waals surface area contributed by atoms with E-state index in [0.717, 1.165) is 64.5 Å². The standard InChI is InChI=1S/C36H49ClN6O4/c1-7-46-31(44)24-42-20-18-41(19-21-42)15-12-25-13-16-43(17-14-25)30-11-8-26(23-39-30)32(45)40-33-35(2,3)34(36(33,4)5)47-27-9-10-29(38-6)28(37)22-27/h8-11,22-23,25,33-34H,7,12-21,24H2,1-5H3,(H,40,45). The zero-order valence-corrected chi connectivity index (χ0v) is 29.2. The van der Waals surface area contributed by atoms with Crippen molar-refractivity contribution in [1.82, 2.24) is 20.1 Å². The van der Waals surface area contributed by atoms with Gasteiger partial charge in [0.25, 0.3) is 5.91 Å². The Bertz CT molecular complexity index is 1430. The molecular weight excluding hydrogens is 616 g/mol. The van der Waals surface area contributed by atoms with Crippen LogP contribution in [0.5, 0.6) is 5.75 Å². The number of halogens is 1. The van der Waals surface area contributed by atoms with E-state index in [4.69, 9.17) is 27.6 Å². The highest BCUT2D eigenvalue weighted by atomic mass is 35.5. The second kappa shape index (κ2) is 14.8. The fraction of sp³-hybridized carbons (Fsp3) is 0.611. The van der Waals surface area contributed by atoms with Gasteiger partial charge < -0.3 is 24.6 Å². The van der Waals surface area contributed by atoms with Gasteiger partial charge in [0, 0.05) is 62.3 Å². The number of rotatable bonds is 11. The van der Waals surface area contributed by atoms with E-state index in [9.17, 15) is 9.59 Å². The van der Waals surface area contributed by atoms with E-state index < -0.39 is 0 Å². The van der Waals surface area contributed by atoms with Gasteiger partial charge in [0.2, 0.25) is 5.69 Å². The van der Waals surface area contributed by atoms with Crippen LogP contribution in [-0.2, 0) is 9.53 Å². The van der Waals surface area contributed by atoms with Crippen molar-refractivity contribution in [2.75, 3.05) is 63.9 Å². The normalized spacial score (nSPS) is 23.0. The smallest absolute Gasteiger partial charge is 0.320 e. The summed E-state index contributed by atoms with van der Waals surface area (Å²) < 4.78 is 11.4. The lowest BCUT2D eigenvalue weighted by Gasteiger charge is -2.63. The number of nitrogens with zero attached hydrogens (tertiary/aromatic N) is 5. The summed E-state index contributed by atoms with van der Waals surface area (Å²) in [6.45, 7) is 25.2. The second-order valence-corrected chi connectivity index (χ2v) is 14.7. The first-order valence-corrected chi connectivity index (χ1v) is 17.3. The highest BCUT2D eigenvalue weighted by molar-refractivity contribution is 6.33. The third-order valence-corrected chi connectivity index (χ3v) is 10.6. The molecule has 0 atom stereocenters. The third kappa shape index (κ3) is 8.02. The number of pyridine rings is 1. The van der Waals surface area contributed by atoms with E-state index in [1.807, 2.05) is 19.1 Å². The first-order chi connectivity index (χ1) is 22.4. The molecule has 2 aliphatic heterocycles. The van der Waals surface area contributed by atoms with Crippen LogP contribution in [-0.4, -0.2) is 97.8 Å². The van der Waals surface area contributed by atoms with Gasteiger partial charge in [-0.2, -0.15) is 0 Å². The van der Waals surface area contributed by atoms with E-state index in [-0.39, 0.29) is 34.9 Å². The summed E-state index contributed by atoms with van der Waals surface area (Å²) in [5.41, 5.74) is 0.274. The van der Waals surface area contributed by atoms with Gasteiger partial charge in [-0.15, -0.1) is 0 Å². The van der Waals surface area contributed by atoms with Crippen molar-refractivity contribution < 1.29 is 19.1 Å². The maximum atomic E-state index is 13.3. The number of esters is 1. The van der Waals surface area contributed by atoms with Crippen LogP contribution in [0.15, 0.2) is 36.5 Å². The molecule has 0 unspecified atom stereocenters. The Balaban J connectivity index is 1.06. The van der Waals surface area contributed by atoms with Gasteiger partial charge >= 0.3 is 5.97 Å². The minimum Gasteiger partial charge on any atom is -0.489 e. The van der Waals surface area contributed by atoms with Gasteiger partial charge in [0.1, 0.15) is 17.7 Å². The molecule has 3 heterocycles. The molecule has 1 aromatic carbocycles. The molecule has 47 heavy (non-hydrogen) atoms. The Kier molecular flexibility index (Phi) is 11.0. The van der Waals surface area contributed by atoms with Gasteiger partial charge in [-0.1, -0.05) is 45.4 Å². The molecule has 2 aromatic rings. The molecule has 3 aliphatic rings. The summed E-state index contributed by atoms with van der Waals surface area (Å²) in [6, 6.07) is 8.85. The van der Waals surface area contributed by atoms with E-state index in [0.29, 0.717) is 41.1 Å². The molecule has 1 amide bonds. The van der Waals surface area contributed by atoms with E-state index >= 15 is 0 Å². The Hall–Kier alpha value is -3.39. The van der Waals surface area contributed by atoms with E-state index in [2.05, 4.69) is 57.5 Å². The zero-order chi connectivity index (χ0) is 33.8. The monoisotopic (exact) mass is 664 g/mol. The molecule has 10 nitrogen and oxygen atoms in total. The Morgan fingerprint density at radius 3 is 2.30 bits per heavy atom. The van der Waals surface area contributed by atoms with Crippen LogP contribution in [0.2, 0.25) is 5.02 Å². The number of piperazine rings is 1. The van der Waals surface area contributed by atoms with Crippen LogP contribution in [0.3, 0.4) is 0 Å². The number of ether oxygens (including phenoxy) is 2. The lowest BCUT2D eigenvalue weighted by Crippen LogP contribution is -2.74. The van der Waals surface area contributed by atoms with E-state index in [1.54, 1.807) is 24.4 Å². The number of aromatic nitrogens is 1. The molecule has 0 spiro atoms. The molecule has 0 radical (unpaired) electrons. The summed E-state index contributed by atoms with van der Waals surface area (Å²) in [5, 5.41) is 3.62. The minimum atomic E-state index is -0.333. The van der Waals surface area contributed by atoms with Crippen LogP contribution < -0.4 is 15.0 Å². The number of benzene rings is 1. The number of carbonyl (C=O) groups is 2. The van der Waals surface area contributed by atoms with Crippen LogP contribution >= 0.6 is 11.6 Å². The quantitative estimate of drug-likeness (QED) is 0.242. The number of hydrogen-bond acceptors (Lipinski definition) is 8. The van der Waals surface area contributed by atoms with Gasteiger partial charge in [-0.3, -0.25) is 14.5 Å². The predicted octanol–water partition coefficient (Wildman–Crippen LogP) is 5.68. The van der Waals surface area contributed by atoms with Crippen molar-refractivity contribution in [2.45, 2.75) is 66.0 Å². The Morgan fingerprint density at radius 2 is 1.70 bits per heavy atom. The van der Waals surface area contributed by atoms with Gasteiger partial charge in [-0.05, 0) is 62.9 Å². The summed E-state index contributed by atoms with van der Waals surface area (Å²) in [6.07, 6.45) is 4.99. The van der Waals surface area contributed by atoms with Crippen molar-refractivity contribution in [3.63, 3.8) is 0 Å². The maximum absolute atomic E-state index is 13.3. The van der Waals surface area contributed by atoms with E-state index in [1.165, 1.54) is 6.42 Å². The van der Waals surface area contributed by atoms with Crippen LogP contribution in [0.1, 0.15) is 64.2 Å². The molecule has 1 aliphatic carbocycles. The topological polar surface area (TPSA) is 91.6 Å². The number of piperidine rings is 1. The highest BCUT2D eigenvalue weighted by Gasteiger charge is 2.64. The molecular formula is C36H49ClN6O4. The number of anilines is 1. The number of nitrogens with one attached hydrogen (secondary N) is 1. The Labute approximate surface area is 284 Å². The molecule has 11 heteroatoms. The molecule has 254 valence electrons.